The molecule has 0 amide bonds. The van der Waals surface area contributed by atoms with Crippen LogP contribution >= 0.6 is 11.6 Å². The Balaban J connectivity index is 0.000000251. The topological polar surface area (TPSA) is 12.0 Å². The Labute approximate surface area is 208 Å². The van der Waals surface area contributed by atoms with Crippen molar-refractivity contribution in [2.24, 2.45) is 5.41 Å². The standard InChI is InChI=1S/C13H20.C9H11Cl.C9H13N/c1-11-5-7-12(8-6-11)9-10-13(2,3)4;1-2-3-8-4-6-9(10)7-5-8;1-8-3-5-9(6-4-8)7-10-2/h5-8H,9-10H2,1-4H3;4-7H,2-3H2,1H3;3-6,10H,7H2,1-2H3. The second kappa shape index (κ2) is 15.7. The lowest BCUT2D eigenvalue weighted by Crippen LogP contribution is -2.06. The molecule has 0 spiro atoms. The molecular weight excluding hydrogens is 422 g/mol. The lowest BCUT2D eigenvalue weighted by atomic mass is 9.88. The molecule has 0 heterocycles. The number of halogens is 1. The number of aryl methyl sites for hydroxylation is 4. The van der Waals surface area contributed by atoms with Gasteiger partial charge in [-0.1, -0.05) is 118 Å². The van der Waals surface area contributed by atoms with Crippen molar-refractivity contribution in [3.63, 3.8) is 0 Å². The molecule has 0 fully saturated rings. The first-order valence-electron chi connectivity index (χ1n) is 12.1. The molecule has 33 heavy (non-hydrogen) atoms. The van der Waals surface area contributed by atoms with Gasteiger partial charge in [0.15, 0.2) is 0 Å². The molecular formula is C31H44ClN. The highest BCUT2D eigenvalue weighted by Gasteiger charge is 2.09. The van der Waals surface area contributed by atoms with E-state index in [0.717, 1.165) is 18.0 Å². The molecule has 0 aromatic heterocycles. The molecule has 0 aliphatic rings. The predicted octanol–water partition coefficient (Wildman–Crippen LogP) is 8.98. The maximum absolute atomic E-state index is 5.71. The van der Waals surface area contributed by atoms with Crippen LogP contribution < -0.4 is 5.32 Å². The minimum Gasteiger partial charge on any atom is -0.316 e. The second-order valence-corrected chi connectivity index (χ2v) is 10.4. The van der Waals surface area contributed by atoms with Gasteiger partial charge in [0.2, 0.25) is 0 Å². The molecule has 2 heteroatoms. The van der Waals surface area contributed by atoms with Crippen LogP contribution in [0.2, 0.25) is 5.02 Å². The van der Waals surface area contributed by atoms with Crippen molar-refractivity contribution >= 4 is 11.6 Å². The average molecular weight is 466 g/mol. The van der Waals surface area contributed by atoms with Crippen molar-refractivity contribution in [2.45, 2.75) is 73.8 Å². The van der Waals surface area contributed by atoms with Crippen LogP contribution in [0.25, 0.3) is 0 Å². The quantitative estimate of drug-likeness (QED) is 0.383. The fourth-order valence-electron chi connectivity index (χ4n) is 3.12. The Bertz CT molecular complexity index is 825. The zero-order valence-corrected chi connectivity index (χ0v) is 22.6. The highest BCUT2D eigenvalue weighted by Crippen LogP contribution is 2.21. The normalized spacial score (nSPS) is 10.5. The van der Waals surface area contributed by atoms with Crippen molar-refractivity contribution in [1.82, 2.24) is 5.32 Å². The minimum atomic E-state index is 0.449. The summed E-state index contributed by atoms with van der Waals surface area (Å²) >= 11 is 5.71. The van der Waals surface area contributed by atoms with Gasteiger partial charge in [-0.15, -0.1) is 0 Å². The molecule has 0 bridgehead atoms. The summed E-state index contributed by atoms with van der Waals surface area (Å²) in [5, 5.41) is 3.92. The van der Waals surface area contributed by atoms with Gasteiger partial charge in [0.1, 0.15) is 0 Å². The monoisotopic (exact) mass is 465 g/mol. The third kappa shape index (κ3) is 14.6. The molecule has 0 unspecified atom stereocenters. The van der Waals surface area contributed by atoms with E-state index >= 15 is 0 Å². The molecule has 0 radical (unpaired) electrons. The molecule has 0 saturated carbocycles. The van der Waals surface area contributed by atoms with E-state index in [0.29, 0.717) is 5.41 Å². The van der Waals surface area contributed by atoms with Gasteiger partial charge in [-0.05, 0) is 74.4 Å². The van der Waals surface area contributed by atoms with Crippen LogP contribution in [-0.4, -0.2) is 7.05 Å². The summed E-state index contributed by atoms with van der Waals surface area (Å²) in [6.07, 6.45) is 4.80. The van der Waals surface area contributed by atoms with Crippen molar-refractivity contribution < 1.29 is 0 Å². The first-order valence-corrected chi connectivity index (χ1v) is 12.5. The minimum absolute atomic E-state index is 0.449. The summed E-state index contributed by atoms with van der Waals surface area (Å²) < 4.78 is 0. The summed E-state index contributed by atoms with van der Waals surface area (Å²) in [6, 6.07) is 25.4. The Kier molecular flexibility index (Phi) is 13.8. The molecule has 1 N–H and O–H groups in total. The van der Waals surface area contributed by atoms with E-state index in [1.165, 1.54) is 47.1 Å². The maximum Gasteiger partial charge on any atom is 0.0406 e. The third-order valence-electron chi connectivity index (χ3n) is 5.24. The molecule has 0 aliphatic carbocycles. The van der Waals surface area contributed by atoms with Gasteiger partial charge in [0, 0.05) is 11.6 Å². The van der Waals surface area contributed by atoms with E-state index in [1.807, 2.05) is 19.2 Å². The van der Waals surface area contributed by atoms with Gasteiger partial charge in [0.25, 0.3) is 0 Å². The van der Waals surface area contributed by atoms with Crippen molar-refractivity contribution in [2.75, 3.05) is 7.05 Å². The van der Waals surface area contributed by atoms with Gasteiger partial charge < -0.3 is 5.32 Å². The van der Waals surface area contributed by atoms with Gasteiger partial charge in [-0.3, -0.25) is 0 Å². The lowest BCUT2D eigenvalue weighted by Gasteiger charge is -2.17. The second-order valence-electron chi connectivity index (χ2n) is 9.94. The molecule has 3 aromatic rings. The number of benzene rings is 3. The van der Waals surface area contributed by atoms with Gasteiger partial charge in [0.05, 0.1) is 0 Å². The highest BCUT2D eigenvalue weighted by atomic mass is 35.5. The van der Waals surface area contributed by atoms with E-state index in [1.54, 1.807) is 0 Å². The predicted molar refractivity (Wildman–Crippen MR) is 148 cm³/mol. The SMILES string of the molecule is CCCc1ccc(Cl)cc1.CNCc1ccc(C)cc1.Cc1ccc(CCC(C)(C)C)cc1. The number of hydrogen-bond donors (Lipinski definition) is 1. The largest absolute Gasteiger partial charge is 0.316 e. The molecule has 0 atom stereocenters. The third-order valence-corrected chi connectivity index (χ3v) is 5.49. The van der Waals surface area contributed by atoms with E-state index in [2.05, 4.69) is 108 Å². The van der Waals surface area contributed by atoms with Gasteiger partial charge >= 0.3 is 0 Å². The Morgan fingerprint density at radius 3 is 1.52 bits per heavy atom. The maximum atomic E-state index is 5.71. The van der Waals surface area contributed by atoms with Crippen LogP contribution in [0.5, 0.6) is 0 Å². The summed E-state index contributed by atoms with van der Waals surface area (Å²) in [7, 11) is 1.96. The number of hydrogen-bond acceptors (Lipinski definition) is 1. The first-order chi connectivity index (χ1) is 15.6. The molecule has 0 aliphatic heterocycles. The lowest BCUT2D eigenvalue weighted by molar-refractivity contribution is 0.378. The summed E-state index contributed by atoms with van der Waals surface area (Å²) in [4.78, 5) is 0. The summed E-state index contributed by atoms with van der Waals surface area (Å²) in [5.41, 5.74) is 7.28. The van der Waals surface area contributed by atoms with E-state index in [4.69, 9.17) is 11.6 Å². The van der Waals surface area contributed by atoms with E-state index in [-0.39, 0.29) is 0 Å². The fourth-order valence-corrected chi connectivity index (χ4v) is 3.25. The number of nitrogens with one attached hydrogen (secondary N) is 1. The fraction of sp³-hybridized carbons (Fsp3) is 0.419. The zero-order valence-electron chi connectivity index (χ0n) is 21.8. The summed E-state index contributed by atoms with van der Waals surface area (Å²) in [5.74, 6) is 0. The molecule has 0 saturated heterocycles. The molecule has 3 aromatic carbocycles. The van der Waals surface area contributed by atoms with E-state index < -0.39 is 0 Å². The van der Waals surface area contributed by atoms with Crippen molar-refractivity contribution in [1.29, 1.82) is 0 Å². The van der Waals surface area contributed by atoms with Gasteiger partial charge in [-0.2, -0.15) is 0 Å². The van der Waals surface area contributed by atoms with Crippen LogP contribution in [0.4, 0.5) is 0 Å². The molecule has 3 rings (SSSR count). The first kappa shape index (κ1) is 28.9. The highest BCUT2D eigenvalue weighted by molar-refractivity contribution is 6.30. The van der Waals surface area contributed by atoms with Crippen molar-refractivity contribution in [3.8, 4) is 0 Å². The van der Waals surface area contributed by atoms with Crippen molar-refractivity contribution in [3.05, 3.63) is 106 Å². The number of rotatable bonds is 6. The van der Waals surface area contributed by atoms with Gasteiger partial charge in [-0.25, -0.2) is 0 Å². The summed E-state index contributed by atoms with van der Waals surface area (Å²) in [6.45, 7) is 14.2. The Morgan fingerprint density at radius 1 is 0.667 bits per heavy atom. The smallest absolute Gasteiger partial charge is 0.0406 e. The van der Waals surface area contributed by atoms with Crippen LogP contribution in [0.1, 0.15) is 68.4 Å². The van der Waals surface area contributed by atoms with E-state index in [9.17, 15) is 0 Å². The molecule has 1 nitrogen and oxygen atoms in total. The van der Waals surface area contributed by atoms with Crippen LogP contribution in [0.15, 0.2) is 72.8 Å². The zero-order chi connectivity index (χ0) is 24.7. The van der Waals surface area contributed by atoms with Crippen LogP contribution in [-0.2, 0) is 19.4 Å². The average Bonchev–Trinajstić information content (AvgIpc) is 2.77. The Morgan fingerprint density at radius 2 is 1.09 bits per heavy atom. The Hall–Kier alpha value is -2.09. The molecule has 180 valence electrons. The van der Waals surface area contributed by atoms with Crippen LogP contribution in [0.3, 0.4) is 0 Å². The van der Waals surface area contributed by atoms with Crippen LogP contribution in [0, 0.1) is 19.3 Å².